The van der Waals surface area contributed by atoms with Gasteiger partial charge in [-0.05, 0) is 39.2 Å². The van der Waals surface area contributed by atoms with Gasteiger partial charge in [0.1, 0.15) is 0 Å². The first-order chi connectivity index (χ1) is 10.2. The summed E-state index contributed by atoms with van der Waals surface area (Å²) in [4.78, 5) is 9.07. The van der Waals surface area contributed by atoms with Crippen LogP contribution in [-0.2, 0) is 6.42 Å². The molecule has 5 heteroatoms. The van der Waals surface area contributed by atoms with Crippen LogP contribution in [0, 0.1) is 0 Å². The maximum atomic E-state index is 5.01. The predicted molar refractivity (Wildman–Crippen MR) is 94.8 cm³/mol. The molecule has 3 nitrogen and oxygen atoms in total. The van der Waals surface area contributed by atoms with Gasteiger partial charge >= 0.3 is 0 Å². The molecule has 1 saturated heterocycles. The molecule has 1 aromatic heterocycles. The topological polar surface area (TPSA) is 28.2 Å². The van der Waals surface area contributed by atoms with Crippen LogP contribution in [0.15, 0.2) is 0 Å². The average Bonchev–Trinajstić information content (AvgIpc) is 2.92. The molecule has 1 aliphatic carbocycles. The molecule has 1 N–H and O–H groups in total. The summed E-state index contributed by atoms with van der Waals surface area (Å²) in [6.07, 6.45) is 4.92. The number of rotatable bonds is 4. The van der Waals surface area contributed by atoms with Crippen LogP contribution in [0.3, 0.4) is 0 Å². The van der Waals surface area contributed by atoms with E-state index >= 15 is 0 Å². The van der Waals surface area contributed by atoms with Gasteiger partial charge in [0.2, 0.25) is 0 Å². The highest BCUT2D eigenvalue weighted by Gasteiger charge is 2.30. The Balaban J connectivity index is 1.80. The lowest BCUT2D eigenvalue weighted by Crippen LogP contribution is -2.44. The molecule has 0 radical (unpaired) electrons. The highest BCUT2D eigenvalue weighted by molar-refractivity contribution is 8.00. The van der Waals surface area contributed by atoms with E-state index in [9.17, 15) is 0 Å². The number of nitrogens with zero attached hydrogens (tertiary/aromatic N) is 2. The summed E-state index contributed by atoms with van der Waals surface area (Å²) >= 11 is 4.04. The van der Waals surface area contributed by atoms with Gasteiger partial charge in [0, 0.05) is 34.5 Å². The van der Waals surface area contributed by atoms with Gasteiger partial charge in [-0.1, -0.05) is 25.2 Å². The highest BCUT2D eigenvalue weighted by atomic mass is 32.2. The van der Waals surface area contributed by atoms with E-state index in [0.29, 0.717) is 17.3 Å². The molecule has 0 saturated carbocycles. The van der Waals surface area contributed by atoms with E-state index in [1.807, 2.05) is 11.3 Å². The average molecular weight is 326 g/mol. The SMILES string of the molecule is CCCNC1CCCc2nc(N3CCSC(C)C3C)sc21. The molecular formula is C16H27N3S2. The Morgan fingerprint density at radius 1 is 1.38 bits per heavy atom. The summed E-state index contributed by atoms with van der Waals surface area (Å²) in [7, 11) is 0. The largest absolute Gasteiger partial charge is 0.343 e. The second-order valence-corrected chi connectivity index (χ2v) is 8.71. The Labute approximate surface area is 136 Å². The van der Waals surface area contributed by atoms with E-state index in [4.69, 9.17) is 4.98 Å². The molecule has 118 valence electrons. The lowest BCUT2D eigenvalue weighted by atomic mass is 9.98. The number of anilines is 1. The molecule has 0 aromatic carbocycles. The summed E-state index contributed by atoms with van der Waals surface area (Å²) in [6, 6.07) is 1.14. The lowest BCUT2D eigenvalue weighted by molar-refractivity contribution is 0.464. The first-order valence-electron chi connectivity index (χ1n) is 8.32. The zero-order valence-corrected chi connectivity index (χ0v) is 15.0. The van der Waals surface area contributed by atoms with Crippen molar-refractivity contribution in [2.24, 2.45) is 0 Å². The third kappa shape index (κ3) is 3.25. The smallest absolute Gasteiger partial charge is 0.186 e. The molecular weight excluding hydrogens is 298 g/mol. The summed E-state index contributed by atoms with van der Waals surface area (Å²) in [5, 5.41) is 5.68. The summed E-state index contributed by atoms with van der Waals surface area (Å²) in [5.74, 6) is 1.23. The Morgan fingerprint density at radius 3 is 3.05 bits per heavy atom. The monoisotopic (exact) mass is 325 g/mol. The number of fused-ring (bicyclic) bond motifs is 1. The van der Waals surface area contributed by atoms with E-state index in [0.717, 1.165) is 13.1 Å². The molecule has 3 rings (SSSR count). The fraction of sp³-hybridized carbons (Fsp3) is 0.812. The van der Waals surface area contributed by atoms with Gasteiger partial charge in [-0.3, -0.25) is 0 Å². The third-order valence-electron chi connectivity index (χ3n) is 4.71. The van der Waals surface area contributed by atoms with E-state index in [1.165, 1.54) is 47.1 Å². The van der Waals surface area contributed by atoms with Gasteiger partial charge in [-0.15, -0.1) is 0 Å². The van der Waals surface area contributed by atoms with Crippen molar-refractivity contribution in [1.29, 1.82) is 0 Å². The maximum Gasteiger partial charge on any atom is 0.186 e. The van der Waals surface area contributed by atoms with Crippen LogP contribution in [0.25, 0.3) is 0 Å². The van der Waals surface area contributed by atoms with Gasteiger partial charge in [-0.2, -0.15) is 11.8 Å². The number of nitrogens with one attached hydrogen (secondary N) is 1. The van der Waals surface area contributed by atoms with Crippen LogP contribution in [0.2, 0.25) is 0 Å². The molecule has 2 heterocycles. The quantitative estimate of drug-likeness (QED) is 0.910. The molecule has 0 spiro atoms. The second-order valence-electron chi connectivity index (χ2n) is 6.22. The Morgan fingerprint density at radius 2 is 2.24 bits per heavy atom. The van der Waals surface area contributed by atoms with Crippen LogP contribution in [0.4, 0.5) is 5.13 Å². The Bertz CT molecular complexity index is 474. The van der Waals surface area contributed by atoms with Crippen molar-refractivity contribution in [3.63, 3.8) is 0 Å². The Kier molecular flexibility index (Phi) is 5.12. The number of thioether (sulfide) groups is 1. The lowest BCUT2D eigenvalue weighted by Gasteiger charge is -2.37. The van der Waals surface area contributed by atoms with Gasteiger partial charge in [0.05, 0.1) is 5.69 Å². The van der Waals surface area contributed by atoms with Gasteiger partial charge in [-0.25, -0.2) is 4.98 Å². The first kappa shape index (κ1) is 15.6. The molecule has 1 aromatic rings. The van der Waals surface area contributed by atoms with Gasteiger partial charge in [0.15, 0.2) is 5.13 Å². The van der Waals surface area contributed by atoms with Crippen molar-refractivity contribution in [2.45, 2.75) is 63.8 Å². The molecule has 1 aliphatic heterocycles. The van der Waals surface area contributed by atoms with Crippen molar-refractivity contribution >= 4 is 28.2 Å². The van der Waals surface area contributed by atoms with Crippen LogP contribution < -0.4 is 10.2 Å². The normalized spacial score (nSPS) is 29.5. The standard InChI is InChI=1S/C16H27N3S2/c1-4-8-17-13-6-5-7-14-15(13)21-16(18-14)19-9-10-20-12(3)11(19)2/h11-13,17H,4-10H2,1-3H3. The molecule has 1 fully saturated rings. The van der Waals surface area contributed by atoms with E-state index in [2.05, 4.69) is 42.7 Å². The van der Waals surface area contributed by atoms with Crippen molar-refractivity contribution in [1.82, 2.24) is 10.3 Å². The van der Waals surface area contributed by atoms with Crippen LogP contribution in [-0.4, -0.2) is 35.1 Å². The molecule has 2 aliphatic rings. The second kappa shape index (κ2) is 6.88. The third-order valence-corrected chi connectivity index (χ3v) is 7.30. The maximum absolute atomic E-state index is 5.01. The minimum absolute atomic E-state index is 0.548. The first-order valence-corrected chi connectivity index (χ1v) is 10.2. The molecule has 0 bridgehead atoms. The number of hydrogen-bond donors (Lipinski definition) is 1. The number of hydrogen-bond acceptors (Lipinski definition) is 5. The molecule has 3 unspecified atom stereocenters. The zero-order valence-electron chi connectivity index (χ0n) is 13.4. The molecule has 21 heavy (non-hydrogen) atoms. The van der Waals surface area contributed by atoms with Crippen LogP contribution >= 0.6 is 23.1 Å². The highest BCUT2D eigenvalue weighted by Crippen LogP contribution is 2.39. The fourth-order valence-corrected chi connectivity index (χ4v) is 5.68. The number of aromatic nitrogens is 1. The van der Waals surface area contributed by atoms with E-state index in [-0.39, 0.29) is 0 Å². The minimum Gasteiger partial charge on any atom is -0.343 e. The van der Waals surface area contributed by atoms with Crippen molar-refractivity contribution in [2.75, 3.05) is 23.7 Å². The zero-order chi connectivity index (χ0) is 14.8. The van der Waals surface area contributed by atoms with Gasteiger partial charge in [0.25, 0.3) is 0 Å². The summed E-state index contributed by atoms with van der Waals surface area (Å²) in [6.45, 7) is 9.20. The number of aryl methyl sites for hydroxylation is 1. The van der Waals surface area contributed by atoms with Crippen molar-refractivity contribution < 1.29 is 0 Å². The summed E-state index contributed by atoms with van der Waals surface area (Å²) in [5.41, 5.74) is 1.37. The van der Waals surface area contributed by atoms with E-state index < -0.39 is 0 Å². The minimum atomic E-state index is 0.548. The van der Waals surface area contributed by atoms with Crippen molar-refractivity contribution in [3.8, 4) is 0 Å². The fourth-order valence-electron chi connectivity index (χ4n) is 3.25. The molecule has 0 amide bonds. The molecule has 3 atom stereocenters. The van der Waals surface area contributed by atoms with Crippen LogP contribution in [0.1, 0.15) is 56.6 Å². The Hall–Kier alpha value is -0.260. The van der Waals surface area contributed by atoms with Crippen LogP contribution in [0.5, 0.6) is 0 Å². The van der Waals surface area contributed by atoms with E-state index in [1.54, 1.807) is 0 Å². The summed E-state index contributed by atoms with van der Waals surface area (Å²) < 4.78 is 0. The van der Waals surface area contributed by atoms with Gasteiger partial charge < -0.3 is 10.2 Å². The van der Waals surface area contributed by atoms with Crippen molar-refractivity contribution in [3.05, 3.63) is 10.6 Å². The predicted octanol–water partition coefficient (Wildman–Crippen LogP) is 3.85. The number of thiazole rings is 1.